The highest BCUT2D eigenvalue weighted by molar-refractivity contribution is 5.99. The first-order valence-corrected chi connectivity index (χ1v) is 6.34. The molecule has 1 aromatic heterocycles. The minimum Gasteiger partial charge on any atom is -0.391 e. The SMILES string of the molecule is Cc1[nH]nc(N)c1C(=O)N1CC(O)CC1CN(C)C. The van der Waals surface area contributed by atoms with Crippen LogP contribution < -0.4 is 5.73 Å². The van der Waals surface area contributed by atoms with Gasteiger partial charge in [-0.3, -0.25) is 9.89 Å². The molecule has 0 aliphatic carbocycles. The lowest BCUT2D eigenvalue weighted by Gasteiger charge is -2.26. The van der Waals surface area contributed by atoms with Gasteiger partial charge in [-0.1, -0.05) is 0 Å². The molecule has 1 aliphatic heterocycles. The van der Waals surface area contributed by atoms with Crippen molar-refractivity contribution >= 4 is 11.7 Å². The number of aliphatic hydroxyl groups is 1. The Labute approximate surface area is 112 Å². The number of hydrogen-bond acceptors (Lipinski definition) is 5. The molecule has 0 bridgehead atoms. The van der Waals surface area contributed by atoms with E-state index in [0.717, 1.165) is 6.54 Å². The number of amides is 1. The van der Waals surface area contributed by atoms with Gasteiger partial charge in [-0.25, -0.2) is 0 Å². The second-order valence-electron chi connectivity index (χ2n) is 5.37. The van der Waals surface area contributed by atoms with Gasteiger partial charge in [0.05, 0.1) is 6.10 Å². The number of nitrogens with one attached hydrogen (secondary N) is 1. The number of nitrogens with zero attached hydrogens (tertiary/aromatic N) is 3. The minimum atomic E-state index is -0.470. The van der Waals surface area contributed by atoms with Crippen LogP contribution in [-0.4, -0.2) is 70.3 Å². The number of aliphatic hydroxyl groups excluding tert-OH is 1. The molecule has 0 spiro atoms. The third kappa shape index (κ3) is 2.71. The van der Waals surface area contributed by atoms with Crippen LogP contribution in [0.2, 0.25) is 0 Å². The van der Waals surface area contributed by atoms with Crippen molar-refractivity contribution in [2.45, 2.75) is 25.5 Å². The Kier molecular flexibility index (Phi) is 3.77. The molecule has 0 aromatic carbocycles. The number of carbonyl (C=O) groups excluding carboxylic acids is 1. The standard InChI is InChI=1S/C12H21N5O2/c1-7-10(11(13)15-14-7)12(19)17-6-9(18)4-8(17)5-16(2)3/h8-9,18H,4-6H2,1-3H3,(H3,13,14,15). The molecule has 1 aromatic rings. The number of likely N-dealkylation sites (tertiary alicyclic amines) is 1. The summed E-state index contributed by atoms with van der Waals surface area (Å²) in [5.74, 6) is 0.0552. The van der Waals surface area contributed by atoms with Gasteiger partial charge < -0.3 is 20.6 Å². The number of nitrogens with two attached hydrogens (primary N) is 1. The summed E-state index contributed by atoms with van der Waals surface area (Å²) in [5.41, 5.74) is 6.80. The molecule has 19 heavy (non-hydrogen) atoms. The van der Waals surface area contributed by atoms with Crippen LogP contribution >= 0.6 is 0 Å². The maximum Gasteiger partial charge on any atom is 0.259 e. The summed E-state index contributed by atoms with van der Waals surface area (Å²) in [6, 6.07) is 0.00574. The summed E-state index contributed by atoms with van der Waals surface area (Å²) in [6.07, 6.45) is 0.128. The lowest BCUT2D eigenvalue weighted by Crippen LogP contribution is -2.41. The minimum absolute atomic E-state index is 0.00574. The molecule has 2 heterocycles. The fourth-order valence-corrected chi connectivity index (χ4v) is 2.60. The molecule has 1 amide bonds. The summed E-state index contributed by atoms with van der Waals surface area (Å²) >= 11 is 0. The summed E-state index contributed by atoms with van der Waals surface area (Å²) in [5, 5.41) is 16.4. The molecular formula is C12H21N5O2. The first-order chi connectivity index (χ1) is 8.90. The van der Waals surface area contributed by atoms with E-state index in [-0.39, 0.29) is 17.8 Å². The number of likely N-dealkylation sites (N-methyl/N-ethyl adjacent to an activating group) is 1. The van der Waals surface area contributed by atoms with Gasteiger partial charge in [0.1, 0.15) is 5.56 Å². The Morgan fingerprint density at radius 2 is 2.32 bits per heavy atom. The Balaban J connectivity index is 2.22. The summed E-state index contributed by atoms with van der Waals surface area (Å²) in [6.45, 7) is 2.84. The van der Waals surface area contributed by atoms with Crippen molar-refractivity contribution in [3.63, 3.8) is 0 Å². The highest BCUT2D eigenvalue weighted by atomic mass is 16.3. The number of H-pyrrole nitrogens is 1. The van der Waals surface area contributed by atoms with Crippen molar-refractivity contribution in [2.24, 2.45) is 0 Å². The van der Waals surface area contributed by atoms with E-state index in [1.54, 1.807) is 11.8 Å². The first-order valence-electron chi connectivity index (χ1n) is 6.34. The number of carbonyl (C=O) groups is 1. The highest BCUT2D eigenvalue weighted by Gasteiger charge is 2.36. The smallest absolute Gasteiger partial charge is 0.259 e. The molecule has 1 saturated heterocycles. The number of aromatic amines is 1. The molecule has 2 atom stereocenters. The number of aromatic nitrogens is 2. The van der Waals surface area contributed by atoms with Crippen LogP contribution in [0.15, 0.2) is 0 Å². The van der Waals surface area contributed by atoms with E-state index < -0.39 is 6.10 Å². The average Bonchev–Trinajstić information content (AvgIpc) is 2.81. The zero-order valence-electron chi connectivity index (χ0n) is 11.6. The lowest BCUT2D eigenvalue weighted by atomic mass is 10.1. The van der Waals surface area contributed by atoms with Crippen LogP contribution in [0.3, 0.4) is 0 Å². The van der Waals surface area contributed by atoms with Gasteiger partial charge in [0, 0.05) is 24.8 Å². The molecule has 0 radical (unpaired) electrons. The third-order valence-corrected chi connectivity index (χ3v) is 3.42. The lowest BCUT2D eigenvalue weighted by molar-refractivity contribution is 0.0699. The van der Waals surface area contributed by atoms with Crippen LogP contribution in [0.5, 0.6) is 0 Å². The summed E-state index contributed by atoms with van der Waals surface area (Å²) in [7, 11) is 3.90. The highest BCUT2D eigenvalue weighted by Crippen LogP contribution is 2.24. The number of aryl methyl sites for hydroxylation is 1. The number of nitrogen functional groups attached to an aromatic ring is 1. The quantitative estimate of drug-likeness (QED) is 0.681. The van der Waals surface area contributed by atoms with E-state index in [0.29, 0.717) is 24.2 Å². The predicted octanol–water partition coefficient (Wildman–Crippen LogP) is -0.563. The fourth-order valence-electron chi connectivity index (χ4n) is 2.60. The maximum absolute atomic E-state index is 12.5. The monoisotopic (exact) mass is 267 g/mol. The normalized spacial score (nSPS) is 23.3. The number of rotatable bonds is 3. The van der Waals surface area contributed by atoms with Crippen LogP contribution in [0, 0.1) is 6.92 Å². The molecule has 1 fully saturated rings. The fraction of sp³-hybridized carbons (Fsp3) is 0.667. The number of hydrogen-bond donors (Lipinski definition) is 3. The Morgan fingerprint density at radius 3 is 2.84 bits per heavy atom. The van der Waals surface area contributed by atoms with Gasteiger partial charge in [-0.2, -0.15) is 5.10 Å². The molecular weight excluding hydrogens is 246 g/mol. The zero-order valence-corrected chi connectivity index (χ0v) is 11.6. The Hall–Kier alpha value is -1.60. The van der Waals surface area contributed by atoms with Gasteiger partial charge in [0.15, 0.2) is 5.82 Å². The summed E-state index contributed by atoms with van der Waals surface area (Å²) in [4.78, 5) is 16.2. The van der Waals surface area contributed by atoms with Crippen molar-refractivity contribution in [2.75, 3.05) is 32.9 Å². The molecule has 7 heteroatoms. The van der Waals surface area contributed by atoms with E-state index in [2.05, 4.69) is 10.2 Å². The van der Waals surface area contributed by atoms with Crippen LogP contribution in [-0.2, 0) is 0 Å². The average molecular weight is 267 g/mol. The van der Waals surface area contributed by atoms with Crippen LogP contribution in [0.25, 0.3) is 0 Å². The van der Waals surface area contributed by atoms with Crippen LogP contribution in [0.1, 0.15) is 22.5 Å². The molecule has 0 saturated carbocycles. The largest absolute Gasteiger partial charge is 0.391 e. The van der Waals surface area contributed by atoms with E-state index in [4.69, 9.17) is 5.73 Å². The third-order valence-electron chi connectivity index (χ3n) is 3.42. The van der Waals surface area contributed by atoms with Crippen molar-refractivity contribution in [3.8, 4) is 0 Å². The molecule has 2 unspecified atom stereocenters. The molecule has 2 rings (SSSR count). The summed E-state index contributed by atoms with van der Waals surface area (Å²) < 4.78 is 0. The van der Waals surface area contributed by atoms with Gasteiger partial charge in [-0.15, -0.1) is 0 Å². The predicted molar refractivity (Wildman–Crippen MR) is 71.7 cm³/mol. The second-order valence-corrected chi connectivity index (χ2v) is 5.37. The van der Waals surface area contributed by atoms with E-state index >= 15 is 0 Å². The van der Waals surface area contributed by atoms with Gasteiger partial charge in [0.25, 0.3) is 5.91 Å². The molecule has 7 nitrogen and oxygen atoms in total. The van der Waals surface area contributed by atoms with Gasteiger partial charge in [-0.05, 0) is 27.4 Å². The van der Waals surface area contributed by atoms with Crippen molar-refractivity contribution < 1.29 is 9.90 Å². The van der Waals surface area contributed by atoms with Crippen molar-refractivity contribution in [3.05, 3.63) is 11.3 Å². The second kappa shape index (κ2) is 5.18. The Bertz CT molecular complexity index is 451. The number of anilines is 1. The Morgan fingerprint density at radius 1 is 1.63 bits per heavy atom. The molecule has 1 aliphatic rings. The van der Waals surface area contributed by atoms with E-state index in [1.807, 2.05) is 19.0 Å². The van der Waals surface area contributed by atoms with Crippen molar-refractivity contribution in [1.82, 2.24) is 20.0 Å². The first kappa shape index (κ1) is 13.8. The maximum atomic E-state index is 12.5. The van der Waals surface area contributed by atoms with Crippen molar-refractivity contribution in [1.29, 1.82) is 0 Å². The van der Waals surface area contributed by atoms with Gasteiger partial charge >= 0.3 is 0 Å². The number of β-amino-alcohol motifs (C(OH)–C–C–N with tert-alkyl or cyclic N) is 1. The zero-order chi connectivity index (χ0) is 14.2. The molecule has 106 valence electrons. The topological polar surface area (TPSA) is 98.5 Å². The van der Waals surface area contributed by atoms with E-state index in [9.17, 15) is 9.90 Å². The van der Waals surface area contributed by atoms with Gasteiger partial charge in [0.2, 0.25) is 0 Å². The molecule has 4 N–H and O–H groups in total. The van der Waals surface area contributed by atoms with E-state index in [1.165, 1.54) is 0 Å². The van der Waals surface area contributed by atoms with Crippen LogP contribution in [0.4, 0.5) is 5.82 Å².